The molecule has 1 atom stereocenters. The van der Waals surface area contributed by atoms with Crippen LogP contribution in [0.1, 0.15) is 38.7 Å². The number of nitrogens with one attached hydrogen (secondary N) is 1. The van der Waals surface area contributed by atoms with E-state index in [2.05, 4.69) is 29.1 Å². The molecule has 1 aliphatic heterocycles. The first-order chi connectivity index (χ1) is 9.49. The molecule has 0 aromatic carbocycles. The topological polar surface area (TPSA) is 58.1 Å². The molecule has 5 heteroatoms. The normalized spacial score (nSPS) is 18.9. The van der Waals surface area contributed by atoms with E-state index in [1.807, 2.05) is 24.8 Å². The predicted octanol–water partition coefficient (Wildman–Crippen LogP) is 2.22. The molecule has 0 bridgehead atoms. The van der Waals surface area contributed by atoms with Crippen LogP contribution in [-0.2, 0) is 11.3 Å². The average Bonchev–Trinajstić information content (AvgIpc) is 2.71. The molecule has 1 aliphatic rings. The van der Waals surface area contributed by atoms with Gasteiger partial charge >= 0.3 is 0 Å². The summed E-state index contributed by atoms with van der Waals surface area (Å²) in [5, 5.41) is 3.20. The monoisotopic (exact) mass is 276 g/mol. The molecular formula is C15H24N4O. The lowest BCUT2D eigenvalue weighted by atomic mass is 9.95. The van der Waals surface area contributed by atoms with Gasteiger partial charge in [0.1, 0.15) is 11.6 Å². The number of likely N-dealkylation sites (tertiary alicyclic amines) is 1. The van der Waals surface area contributed by atoms with Crippen molar-refractivity contribution in [1.29, 1.82) is 0 Å². The summed E-state index contributed by atoms with van der Waals surface area (Å²) in [7, 11) is 0. The third-order valence-electron chi connectivity index (χ3n) is 3.78. The number of aryl methyl sites for hydroxylation is 1. The van der Waals surface area contributed by atoms with Gasteiger partial charge < -0.3 is 10.2 Å². The summed E-state index contributed by atoms with van der Waals surface area (Å²) in [4.78, 5) is 22.8. The second-order valence-corrected chi connectivity index (χ2v) is 5.82. The van der Waals surface area contributed by atoms with Crippen LogP contribution in [0.4, 0.5) is 5.82 Å². The first kappa shape index (κ1) is 14.8. The minimum Gasteiger partial charge on any atom is -0.370 e. The Bertz CT molecular complexity index is 487. The fraction of sp³-hybridized carbons (Fsp3) is 0.667. The summed E-state index contributed by atoms with van der Waals surface area (Å²) < 4.78 is 0. The van der Waals surface area contributed by atoms with Crippen molar-refractivity contribution in [2.45, 2.75) is 40.7 Å². The molecule has 1 unspecified atom stereocenters. The van der Waals surface area contributed by atoms with Crippen LogP contribution in [0.5, 0.6) is 0 Å². The standard InChI is InChI=1S/C15H24N4O/c1-5-16-13-6-11(4)17-14(18-13)9-19-8-12(10(2)3)7-15(19)20/h6,10,12H,5,7-9H2,1-4H3,(H,16,17,18). The molecule has 5 nitrogen and oxygen atoms in total. The molecule has 1 aromatic heterocycles. The van der Waals surface area contributed by atoms with Crippen LogP contribution in [-0.4, -0.2) is 33.9 Å². The largest absolute Gasteiger partial charge is 0.370 e. The minimum atomic E-state index is 0.221. The number of rotatable bonds is 5. The quantitative estimate of drug-likeness (QED) is 0.896. The minimum absolute atomic E-state index is 0.221. The fourth-order valence-corrected chi connectivity index (χ4v) is 2.55. The number of aromatic nitrogens is 2. The van der Waals surface area contributed by atoms with Crippen molar-refractivity contribution in [1.82, 2.24) is 14.9 Å². The molecule has 2 heterocycles. The van der Waals surface area contributed by atoms with E-state index in [-0.39, 0.29) is 5.91 Å². The number of hydrogen-bond acceptors (Lipinski definition) is 4. The van der Waals surface area contributed by atoms with Gasteiger partial charge in [0.25, 0.3) is 0 Å². The van der Waals surface area contributed by atoms with E-state index in [1.54, 1.807) is 0 Å². The Labute approximate surface area is 120 Å². The van der Waals surface area contributed by atoms with Gasteiger partial charge in [-0.05, 0) is 25.7 Å². The Balaban J connectivity index is 2.08. The zero-order chi connectivity index (χ0) is 14.7. The predicted molar refractivity (Wildman–Crippen MR) is 79.3 cm³/mol. The second kappa shape index (κ2) is 6.20. The maximum atomic E-state index is 12.0. The lowest BCUT2D eigenvalue weighted by Gasteiger charge is -2.18. The highest BCUT2D eigenvalue weighted by Crippen LogP contribution is 2.25. The van der Waals surface area contributed by atoms with E-state index in [9.17, 15) is 4.79 Å². The Morgan fingerprint density at radius 1 is 1.45 bits per heavy atom. The van der Waals surface area contributed by atoms with Gasteiger partial charge in [0.15, 0.2) is 0 Å². The molecule has 20 heavy (non-hydrogen) atoms. The highest BCUT2D eigenvalue weighted by molar-refractivity contribution is 5.78. The smallest absolute Gasteiger partial charge is 0.223 e. The van der Waals surface area contributed by atoms with Gasteiger partial charge in [-0.25, -0.2) is 9.97 Å². The van der Waals surface area contributed by atoms with Gasteiger partial charge in [-0.15, -0.1) is 0 Å². The van der Waals surface area contributed by atoms with Crippen molar-refractivity contribution >= 4 is 11.7 Å². The van der Waals surface area contributed by atoms with Crippen LogP contribution < -0.4 is 5.32 Å². The summed E-state index contributed by atoms with van der Waals surface area (Å²) in [6.45, 7) is 10.5. The zero-order valence-electron chi connectivity index (χ0n) is 12.8. The van der Waals surface area contributed by atoms with E-state index in [0.717, 1.165) is 30.4 Å². The van der Waals surface area contributed by atoms with Crippen LogP contribution in [0.3, 0.4) is 0 Å². The van der Waals surface area contributed by atoms with Crippen molar-refractivity contribution in [2.75, 3.05) is 18.4 Å². The van der Waals surface area contributed by atoms with Crippen LogP contribution in [0.25, 0.3) is 0 Å². The molecule has 0 radical (unpaired) electrons. The second-order valence-electron chi connectivity index (χ2n) is 5.82. The maximum Gasteiger partial charge on any atom is 0.223 e. The van der Waals surface area contributed by atoms with Crippen LogP contribution >= 0.6 is 0 Å². The van der Waals surface area contributed by atoms with Crippen LogP contribution in [0.15, 0.2) is 6.07 Å². The Morgan fingerprint density at radius 2 is 2.20 bits per heavy atom. The van der Waals surface area contributed by atoms with Gasteiger partial charge in [-0.3, -0.25) is 4.79 Å². The molecule has 1 fully saturated rings. The number of anilines is 1. The van der Waals surface area contributed by atoms with E-state index >= 15 is 0 Å². The van der Waals surface area contributed by atoms with E-state index in [0.29, 0.717) is 24.8 Å². The molecule has 1 aromatic rings. The molecule has 110 valence electrons. The lowest BCUT2D eigenvalue weighted by molar-refractivity contribution is -0.128. The Hall–Kier alpha value is -1.65. The van der Waals surface area contributed by atoms with Gasteiger partial charge in [-0.2, -0.15) is 0 Å². The number of hydrogen-bond donors (Lipinski definition) is 1. The van der Waals surface area contributed by atoms with Crippen molar-refractivity contribution in [3.8, 4) is 0 Å². The van der Waals surface area contributed by atoms with E-state index in [1.165, 1.54) is 0 Å². The summed E-state index contributed by atoms with van der Waals surface area (Å²) in [6.07, 6.45) is 0.656. The third-order valence-corrected chi connectivity index (χ3v) is 3.78. The number of amides is 1. The first-order valence-corrected chi connectivity index (χ1v) is 7.35. The van der Waals surface area contributed by atoms with E-state index in [4.69, 9.17) is 0 Å². The molecule has 1 saturated heterocycles. The molecule has 1 amide bonds. The molecule has 0 aliphatic carbocycles. The first-order valence-electron chi connectivity index (χ1n) is 7.35. The summed E-state index contributed by atoms with van der Waals surface area (Å²) >= 11 is 0. The highest BCUT2D eigenvalue weighted by atomic mass is 16.2. The zero-order valence-corrected chi connectivity index (χ0v) is 12.8. The van der Waals surface area contributed by atoms with Crippen molar-refractivity contribution in [3.63, 3.8) is 0 Å². The number of carbonyl (C=O) groups is 1. The maximum absolute atomic E-state index is 12.0. The van der Waals surface area contributed by atoms with Crippen molar-refractivity contribution in [2.24, 2.45) is 11.8 Å². The molecule has 0 saturated carbocycles. The van der Waals surface area contributed by atoms with Crippen LogP contribution in [0.2, 0.25) is 0 Å². The van der Waals surface area contributed by atoms with Crippen molar-refractivity contribution in [3.05, 3.63) is 17.6 Å². The number of nitrogens with zero attached hydrogens (tertiary/aromatic N) is 3. The molecular weight excluding hydrogens is 252 g/mol. The fourth-order valence-electron chi connectivity index (χ4n) is 2.55. The number of carbonyl (C=O) groups excluding carboxylic acids is 1. The molecule has 0 spiro atoms. The van der Waals surface area contributed by atoms with E-state index < -0.39 is 0 Å². The van der Waals surface area contributed by atoms with Gasteiger partial charge in [0.2, 0.25) is 5.91 Å². The summed E-state index contributed by atoms with van der Waals surface area (Å²) in [5.74, 6) is 2.78. The van der Waals surface area contributed by atoms with Gasteiger partial charge in [0.05, 0.1) is 6.54 Å². The molecule has 1 N–H and O–H groups in total. The summed E-state index contributed by atoms with van der Waals surface area (Å²) in [5.41, 5.74) is 0.929. The third kappa shape index (κ3) is 3.46. The Kier molecular flexibility index (Phi) is 4.57. The van der Waals surface area contributed by atoms with Gasteiger partial charge in [0, 0.05) is 31.3 Å². The van der Waals surface area contributed by atoms with Gasteiger partial charge in [-0.1, -0.05) is 13.8 Å². The van der Waals surface area contributed by atoms with Crippen LogP contribution in [0, 0.1) is 18.8 Å². The van der Waals surface area contributed by atoms with Crippen molar-refractivity contribution < 1.29 is 4.79 Å². The summed E-state index contributed by atoms with van der Waals surface area (Å²) in [6, 6.07) is 1.93. The SMILES string of the molecule is CCNc1cc(C)nc(CN2CC(C(C)C)CC2=O)n1. The lowest BCUT2D eigenvalue weighted by Crippen LogP contribution is -2.26. The Morgan fingerprint density at radius 3 is 2.80 bits per heavy atom. The highest BCUT2D eigenvalue weighted by Gasteiger charge is 2.31. The average molecular weight is 276 g/mol. The molecule has 2 rings (SSSR count).